The van der Waals surface area contributed by atoms with Crippen LogP contribution in [0.25, 0.3) is 0 Å². The van der Waals surface area contributed by atoms with Crippen LogP contribution in [-0.4, -0.2) is 15.5 Å². The molecule has 5 heteroatoms. The molecule has 0 radical (unpaired) electrons. The molecule has 0 heterocycles. The van der Waals surface area contributed by atoms with Gasteiger partial charge in [-0.05, 0) is 12.1 Å². The van der Waals surface area contributed by atoms with Crippen molar-refractivity contribution >= 4 is 15.7 Å². The summed E-state index contributed by atoms with van der Waals surface area (Å²) in [6.07, 6.45) is 0. The van der Waals surface area contributed by atoms with Crippen molar-refractivity contribution in [3.63, 3.8) is 0 Å². The van der Waals surface area contributed by atoms with Crippen molar-refractivity contribution in [1.82, 2.24) is 0 Å². The molecule has 0 amide bonds. The largest absolute Gasteiger partial charge is 0.316 e. The summed E-state index contributed by atoms with van der Waals surface area (Å²) in [6, 6.07) is 6.40. The predicted molar refractivity (Wildman–Crippen MR) is 45.3 cm³/mol. The van der Waals surface area contributed by atoms with Crippen LogP contribution < -0.4 is 10.5 Å². The van der Waals surface area contributed by atoms with E-state index in [1.807, 2.05) is 12.4 Å². The van der Waals surface area contributed by atoms with Gasteiger partial charge in [0, 0.05) is 12.1 Å². The average Bonchev–Trinajstić information content (AvgIpc) is 2.03. The first-order chi connectivity index (χ1) is 5.54. The summed E-state index contributed by atoms with van der Waals surface area (Å²) in [6.45, 7) is 0. The highest BCUT2D eigenvalue weighted by atomic mass is 32.2. The zero-order valence-corrected chi connectivity index (χ0v) is 7.51. The average molecular weight is 187 g/mol. The molecule has 4 N–H and O–H groups in total. The predicted octanol–water partition coefficient (Wildman–Crippen LogP) is -0.841. The molecular formula is C7H11N2O2S+. The normalized spacial score (nSPS) is 11.5. The fraction of sp³-hybridized carbons (Fsp3) is 0.143. The minimum Gasteiger partial charge on any atom is -0.316 e. The summed E-state index contributed by atoms with van der Waals surface area (Å²) >= 11 is 0. The van der Waals surface area contributed by atoms with Gasteiger partial charge in [0.25, 0.3) is 0 Å². The van der Waals surface area contributed by atoms with E-state index in [4.69, 9.17) is 5.14 Å². The number of benzene rings is 1. The Kier molecular flexibility index (Phi) is 2.46. The van der Waals surface area contributed by atoms with Gasteiger partial charge in [0.1, 0.15) is 5.69 Å². The molecule has 0 atom stereocenters. The number of primary sulfonamides is 1. The van der Waals surface area contributed by atoms with Gasteiger partial charge < -0.3 is 5.32 Å². The number of sulfonamides is 1. The van der Waals surface area contributed by atoms with E-state index < -0.39 is 10.0 Å². The number of nitrogens with two attached hydrogens (primary N) is 2. The molecule has 0 bridgehead atoms. The van der Waals surface area contributed by atoms with Crippen LogP contribution >= 0.6 is 0 Å². The zero-order valence-electron chi connectivity index (χ0n) is 6.69. The van der Waals surface area contributed by atoms with E-state index in [2.05, 4.69) is 0 Å². The lowest BCUT2D eigenvalue weighted by Crippen LogP contribution is -2.72. The molecule has 0 aromatic heterocycles. The van der Waals surface area contributed by atoms with Gasteiger partial charge >= 0.3 is 0 Å². The van der Waals surface area contributed by atoms with Crippen LogP contribution in [0.15, 0.2) is 29.2 Å². The molecule has 0 aliphatic rings. The minimum absolute atomic E-state index is 0.146. The molecule has 0 saturated heterocycles. The van der Waals surface area contributed by atoms with Crippen LogP contribution in [0.2, 0.25) is 0 Å². The van der Waals surface area contributed by atoms with Crippen LogP contribution in [0.1, 0.15) is 0 Å². The van der Waals surface area contributed by atoms with Crippen molar-refractivity contribution in [2.75, 3.05) is 7.05 Å². The van der Waals surface area contributed by atoms with Crippen molar-refractivity contribution in [3.8, 4) is 0 Å². The second kappa shape index (κ2) is 3.22. The number of hydrogen-bond acceptors (Lipinski definition) is 2. The summed E-state index contributed by atoms with van der Waals surface area (Å²) in [5.74, 6) is 0. The van der Waals surface area contributed by atoms with Crippen molar-refractivity contribution in [1.29, 1.82) is 0 Å². The summed E-state index contributed by atoms with van der Waals surface area (Å²) in [5, 5.41) is 6.79. The van der Waals surface area contributed by atoms with Gasteiger partial charge in [0.05, 0.1) is 11.9 Å². The van der Waals surface area contributed by atoms with Crippen molar-refractivity contribution in [3.05, 3.63) is 24.3 Å². The molecule has 0 aliphatic carbocycles. The first kappa shape index (κ1) is 9.18. The van der Waals surface area contributed by atoms with E-state index in [0.717, 1.165) is 5.69 Å². The van der Waals surface area contributed by atoms with Gasteiger partial charge in [-0.3, -0.25) is 0 Å². The number of quaternary nitrogens is 1. The molecule has 0 saturated carbocycles. The second-order valence-electron chi connectivity index (χ2n) is 2.40. The Morgan fingerprint density at radius 1 is 1.25 bits per heavy atom. The van der Waals surface area contributed by atoms with Gasteiger partial charge in [-0.15, -0.1) is 0 Å². The van der Waals surface area contributed by atoms with E-state index in [1.165, 1.54) is 12.1 Å². The quantitative estimate of drug-likeness (QED) is 0.592. The SMILES string of the molecule is C[NH2+]c1ccc(S(N)(=O)=O)cc1. The van der Waals surface area contributed by atoms with Crippen LogP contribution in [0.3, 0.4) is 0 Å². The minimum atomic E-state index is -3.54. The van der Waals surface area contributed by atoms with E-state index >= 15 is 0 Å². The third kappa shape index (κ3) is 2.04. The van der Waals surface area contributed by atoms with Gasteiger partial charge in [-0.2, -0.15) is 0 Å². The first-order valence-corrected chi connectivity index (χ1v) is 5.01. The standard InChI is InChI=1S/C7H10N2O2S/c1-9-6-2-4-7(5-3-6)12(8,10)11/h2-5,9H,1H3,(H2,8,10,11)/p+1. The lowest BCUT2D eigenvalue weighted by molar-refractivity contribution is -0.539. The van der Waals surface area contributed by atoms with E-state index in [9.17, 15) is 8.42 Å². The summed E-state index contributed by atoms with van der Waals surface area (Å²) < 4.78 is 21.6. The summed E-state index contributed by atoms with van der Waals surface area (Å²) in [4.78, 5) is 0.146. The highest BCUT2D eigenvalue weighted by Crippen LogP contribution is 2.08. The summed E-state index contributed by atoms with van der Waals surface area (Å²) in [7, 11) is -1.66. The third-order valence-electron chi connectivity index (χ3n) is 1.54. The maximum atomic E-state index is 10.8. The molecule has 4 nitrogen and oxygen atoms in total. The molecule has 1 aromatic carbocycles. The van der Waals surface area contributed by atoms with Gasteiger partial charge in [0.2, 0.25) is 10.0 Å². The van der Waals surface area contributed by atoms with Gasteiger partial charge in [-0.25, -0.2) is 13.6 Å². The Labute approximate surface area is 71.4 Å². The van der Waals surface area contributed by atoms with Gasteiger partial charge in [-0.1, -0.05) is 0 Å². The van der Waals surface area contributed by atoms with Crippen LogP contribution in [0.5, 0.6) is 0 Å². The smallest absolute Gasteiger partial charge is 0.238 e. The highest BCUT2D eigenvalue weighted by Gasteiger charge is 2.06. The Morgan fingerprint density at radius 3 is 2.08 bits per heavy atom. The fourth-order valence-electron chi connectivity index (χ4n) is 0.850. The molecule has 1 aromatic rings. The molecule has 66 valence electrons. The highest BCUT2D eigenvalue weighted by molar-refractivity contribution is 7.89. The summed E-state index contributed by atoms with van der Waals surface area (Å²) in [5.41, 5.74) is 0.974. The van der Waals surface area contributed by atoms with Crippen LogP contribution in [-0.2, 0) is 10.0 Å². The number of rotatable bonds is 2. The molecule has 0 unspecified atom stereocenters. The van der Waals surface area contributed by atoms with Gasteiger partial charge in [0.15, 0.2) is 0 Å². The Balaban J connectivity index is 3.09. The maximum Gasteiger partial charge on any atom is 0.238 e. The molecular weight excluding hydrogens is 176 g/mol. The number of hydrogen-bond donors (Lipinski definition) is 2. The lowest BCUT2D eigenvalue weighted by atomic mass is 10.3. The molecule has 1 rings (SSSR count). The van der Waals surface area contributed by atoms with E-state index in [-0.39, 0.29) is 4.90 Å². The van der Waals surface area contributed by atoms with Crippen molar-refractivity contribution in [2.45, 2.75) is 4.90 Å². The third-order valence-corrected chi connectivity index (χ3v) is 2.47. The van der Waals surface area contributed by atoms with Crippen molar-refractivity contribution in [2.24, 2.45) is 5.14 Å². The van der Waals surface area contributed by atoms with Crippen LogP contribution in [0, 0.1) is 0 Å². The Bertz CT molecular complexity index is 355. The molecule has 0 fully saturated rings. The first-order valence-electron chi connectivity index (χ1n) is 3.46. The van der Waals surface area contributed by atoms with Crippen LogP contribution in [0.4, 0.5) is 5.69 Å². The zero-order chi connectivity index (χ0) is 9.19. The monoisotopic (exact) mass is 187 g/mol. The van der Waals surface area contributed by atoms with E-state index in [0.29, 0.717) is 0 Å². The Morgan fingerprint density at radius 2 is 1.75 bits per heavy atom. The molecule has 0 spiro atoms. The second-order valence-corrected chi connectivity index (χ2v) is 3.96. The Hall–Kier alpha value is -0.910. The molecule has 0 aliphatic heterocycles. The maximum absolute atomic E-state index is 10.8. The molecule has 12 heavy (non-hydrogen) atoms. The fourth-order valence-corrected chi connectivity index (χ4v) is 1.37. The van der Waals surface area contributed by atoms with Crippen molar-refractivity contribution < 1.29 is 13.7 Å². The lowest BCUT2D eigenvalue weighted by Gasteiger charge is -1.97. The topological polar surface area (TPSA) is 76.8 Å². The van der Waals surface area contributed by atoms with E-state index in [1.54, 1.807) is 12.1 Å².